The maximum absolute atomic E-state index is 3.87. The summed E-state index contributed by atoms with van der Waals surface area (Å²) >= 11 is 0. The number of rotatable bonds is 4. The molecule has 1 saturated carbocycles. The maximum atomic E-state index is 3.87. The summed E-state index contributed by atoms with van der Waals surface area (Å²) < 4.78 is 1.81. The zero-order chi connectivity index (χ0) is 9.31. The van der Waals surface area contributed by atoms with Gasteiger partial charge in [-0.1, -0.05) is 12.1 Å². The summed E-state index contributed by atoms with van der Waals surface area (Å²) in [7, 11) is 1.92. The smallest absolute Gasteiger partial charge is 0.0738 e. The van der Waals surface area contributed by atoms with Gasteiger partial charge in [0.2, 0.25) is 0 Å². The van der Waals surface area contributed by atoms with Crippen LogP contribution in [0.15, 0.2) is 6.20 Å². The Morgan fingerprint density at radius 3 is 2.92 bits per heavy atom. The number of nitrogens with zero attached hydrogens (tertiary/aromatic N) is 3. The van der Waals surface area contributed by atoms with E-state index in [-0.39, 0.29) is 0 Å². The number of aryl methyl sites for hydroxylation is 1. The lowest BCUT2D eigenvalue weighted by Crippen LogP contribution is -2.22. The van der Waals surface area contributed by atoms with Crippen LogP contribution >= 0.6 is 0 Å². The predicted octanol–water partition coefficient (Wildman–Crippen LogP) is 0.705. The van der Waals surface area contributed by atoms with Crippen LogP contribution in [0, 0.1) is 5.41 Å². The van der Waals surface area contributed by atoms with Crippen molar-refractivity contribution in [3.63, 3.8) is 0 Å². The summed E-state index contributed by atoms with van der Waals surface area (Å²) in [6, 6.07) is 0. The predicted molar refractivity (Wildman–Crippen MR) is 50.1 cm³/mol. The summed E-state index contributed by atoms with van der Waals surface area (Å²) in [6.07, 6.45) is 4.54. The Hall–Kier alpha value is -0.900. The summed E-state index contributed by atoms with van der Waals surface area (Å²) in [6.45, 7) is 4.30. The van der Waals surface area contributed by atoms with Crippen molar-refractivity contribution in [2.75, 3.05) is 6.54 Å². The van der Waals surface area contributed by atoms with Crippen LogP contribution in [0.25, 0.3) is 0 Å². The van der Waals surface area contributed by atoms with E-state index in [0.29, 0.717) is 5.41 Å². The van der Waals surface area contributed by atoms with Gasteiger partial charge in [-0.2, -0.15) is 0 Å². The normalized spacial score (nSPS) is 18.9. The summed E-state index contributed by atoms with van der Waals surface area (Å²) in [5, 5.41) is 11.1. The van der Waals surface area contributed by atoms with Crippen molar-refractivity contribution in [1.29, 1.82) is 0 Å². The zero-order valence-corrected chi connectivity index (χ0v) is 8.25. The molecule has 0 unspecified atom stereocenters. The summed E-state index contributed by atoms with van der Waals surface area (Å²) in [5.41, 5.74) is 1.72. The molecule has 1 aromatic rings. The molecule has 0 bridgehead atoms. The van der Waals surface area contributed by atoms with Crippen molar-refractivity contribution in [3.05, 3.63) is 11.9 Å². The third-order valence-corrected chi connectivity index (χ3v) is 2.77. The van der Waals surface area contributed by atoms with Crippen LogP contribution in [-0.2, 0) is 13.6 Å². The van der Waals surface area contributed by atoms with E-state index in [9.17, 15) is 0 Å². The third-order valence-electron chi connectivity index (χ3n) is 2.77. The monoisotopic (exact) mass is 180 g/mol. The van der Waals surface area contributed by atoms with Crippen LogP contribution in [0.3, 0.4) is 0 Å². The van der Waals surface area contributed by atoms with Gasteiger partial charge >= 0.3 is 0 Å². The first-order valence-corrected chi connectivity index (χ1v) is 4.74. The molecule has 1 fully saturated rings. The van der Waals surface area contributed by atoms with Gasteiger partial charge < -0.3 is 5.32 Å². The Morgan fingerprint density at radius 2 is 2.38 bits per heavy atom. The standard InChI is InChI=1S/C9H16N4/c1-9(3-4-9)7-10-5-8-6-11-12-13(8)2/h6,10H,3-5,7H2,1-2H3. The molecule has 4 nitrogen and oxygen atoms in total. The average Bonchev–Trinajstić information content (AvgIpc) is 2.68. The topological polar surface area (TPSA) is 42.7 Å². The van der Waals surface area contributed by atoms with Crippen molar-refractivity contribution in [2.24, 2.45) is 12.5 Å². The van der Waals surface area contributed by atoms with Crippen LogP contribution in [0.1, 0.15) is 25.5 Å². The van der Waals surface area contributed by atoms with Gasteiger partial charge in [-0.3, -0.25) is 4.68 Å². The number of nitrogens with one attached hydrogen (secondary N) is 1. The lowest BCUT2D eigenvalue weighted by atomic mass is 10.1. The van der Waals surface area contributed by atoms with Crippen LogP contribution in [0.4, 0.5) is 0 Å². The minimum atomic E-state index is 0.575. The molecule has 0 spiro atoms. The maximum Gasteiger partial charge on any atom is 0.0738 e. The second-order valence-electron chi connectivity index (χ2n) is 4.26. The highest BCUT2D eigenvalue weighted by atomic mass is 15.4. The van der Waals surface area contributed by atoms with Gasteiger partial charge in [0.1, 0.15) is 0 Å². The molecule has 0 aliphatic heterocycles. The second kappa shape index (κ2) is 3.10. The molecule has 0 radical (unpaired) electrons. The van der Waals surface area contributed by atoms with Crippen LogP contribution in [-0.4, -0.2) is 21.5 Å². The first-order valence-electron chi connectivity index (χ1n) is 4.74. The Labute approximate surface area is 78.3 Å². The number of hydrogen-bond donors (Lipinski definition) is 1. The van der Waals surface area contributed by atoms with Gasteiger partial charge in [0.25, 0.3) is 0 Å². The molecule has 0 atom stereocenters. The van der Waals surface area contributed by atoms with E-state index in [0.717, 1.165) is 18.8 Å². The van der Waals surface area contributed by atoms with Gasteiger partial charge in [0.15, 0.2) is 0 Å². The Balaban J connectivity index is 1.77. The fourth-order valence-corrected chi connectivity index (χ4v) is 1.35. The zero-order valence-electron chi connectivity index (χ0n) is 8.25. The van der Waals surface area contributed by atoms with Crippen molar-refractivity contribution >= 4 is 0 Å². The van der Waals surface area contributed by atoms with Gasteiger partial charge in [0.05, 0.1) is 11.9 Å². The molecular weight excluding hydrogens is 164 g/mol. The van der Waals surface area contributed by atoms with Gasteiger partial charge in [0, 0.05) is 20.1 Å². The molecular formula is C9H16N4. The number of aromatic nitrogens is 3. The van der Waals surface area contributed by atoms with Crippen LogP contribution < -0.4 is 5.32 Å². The van der Waals surface area contributed by atoms with E-state index >= 15 is 0 Å². The minimum Gasteiger partial charge on any atom is -0.311 e. The largest absolute Gasteiger partial charge is 0.311 e. The molecule has 1 N–H and O–H groups in total. The quantitative estimate of drug-likeness (QED) is 0.742. The van der Waals surface area contributed by atoms with E-state index in [1.54, 1.807) is 0 Å². The molecule has 1 heterocycles. The SMILES string of the molecule is Cn1nncc1CNCC1(C)CC1. The van der Waals surface area contributed by atoms with E-state index in [1.165, 1.54) is 12.8 Å². The summed E-state index contributed by atoms with van der Waals surface area (Å²) in [4.78, 5) is 0. The van der Waals surface area contributed by atoms with E-state index in [4.69, 9.17) is 0 Å². The lowest BCUT2D eigenvalue weighted by molar-refractivity contribution is 0.489. The van der Waals surface area contributed by atoms with Crippen molar-refractivity contribution in [2.45, 2.75) is 26.3 Å². The molecule has 0 amide bonds. The fourth-order valence-electron chi connectivity index (χ4n) is 1.35. The molecule has 0 aromatic carbocycles. The van der Waals surface area contributed by atoms with Gasteiger partial charge in [-0.15, -0.1) is 5.10 Å². The van der Waals surface area contributed by atoms with Crippen molar-refractivity contribution < 1.29 is 0 Å². The summed E-state index contributed by atoms with van der Waals surface area (Å²) in [5.74, 6) is 0. The highest BCUT2D eigenvalue weighted by Crippen LogP contribution is 2.44. The Kier molecular flexibility index (Phi) is 2.07. The fraction of sp³-hybridized carbons (Fsp3) is 0.778. The van der Waals surface area contributed by atoms with E-state index in [2.05, 4.69) is 22.6 Å². The van der Waals surface area contributed by atoms with Crippen molar-refractivity contribution in [1.82, 2.24) is 20.3 Å². The van der Waals surface area contributed by atoms with Gasteiger partial charge in [-0.05, 0) is 18.3 Å². The third kappa shape index (κ3) is 2.06. The number of hydrogen-bond acceptors (Lipinski definition) is 3. The molecule has 1 aliphatic carbocycles. The minimum absolute atomic E-state index is 0.575. The Bertz CT molecular complexity index is 288. The average molecular weight is 180 g/mol. The molecule has 1 aliphatic rings. The van der Waals surface area contributed by atoms with Gasteiger partial charge in [-0.25, -0.2) is 0 Å². The molecule has 2 rings (SSSR count). The Morgan fingerprint density at radius 1 is 1.62 bits per heavy atom. The van der Waals surface area contributed by atoms with Crippen LogP contribution in [0.5, 0.6) is 0 Å². The molecule has 13 heavy (non-hydrogen) atoms. The van der Waals surface area contributed by atoms with Crippen molar-refractivity contribution in [3.8, 4) is 0 Å². The van der Waals surface area contributed by atoms with Crippen LogP contribution in [0.2, 0.25) is 0 Å². The second-order valence-corrected chi connectivity index (χ2v) is 4.26. The molecule has 1 aromatic heterocycles. The molecule has 0 saturated heterocycles. The highest BCUT2D eigenvalue weighted by molar-refractivity contribution is 4.95. The first-order chi connectivity index (χ1) is 6.20. The van der Waals surface area contributed by atoms with E-state index < -0.39 is 0 Å². The highest BCUT2D eigenvalue weighted by Gasteiger charge is 2.36. The van der Waals surface area contributed by atoms with E-state index in [1.807, 2.05) is 17.9 Å². The molecule has 72 valence electrons. The first kappa shape index (κ1) is 8.69. The lowest BCUT2D eigenvalue weighted by Gasteiger charge is -2.09. The molecule has 4 heteroatoms.